The Balaban J connectivity index is 1.50. The van der Waals surface area contributed by atoms with Crippen LogP contribution in [0.1, 0.15) is 27.0 Å². The third kappa shape index (κ3) is 5.59. The van der Waals surface area contributed by atoms with Gasteiger partial charge < -0.3 is 9.47 Å². The molecule has 166 valence electrons. The number of benzene rings is 4. The average Bonchev–Trinajstić information content (AvgIpc) is 2.82. The van der Waals surface area contributed by atoms with Crippen LogP contribution in [0.4, 0.5) is 0 Å². The van der Waals surface area contributed by atoms with E-state index in [1.807, 2.05) is 60.7 Å². The molecule has 0 unspecified atom stereocenters. The smallest absolute Gasteiger partial charge is 0.275 e. The largest absolute Gasteiger partial charge is 0.496 e. The van der Waals surface area contributed by atoms with Crippen LogP contribution in [0, 0.1) is 6.92 Å². The van der Waals surface area contributed by atoms with Gasteiger partial charge in [-0.25, -0.2) is 5.43 Å². The standard InChI is InChI=1S/C27H23BrN2O3/c1-18-6-5-7-19(12-18)17-33-25-11-10-23(28)13-22(25)16-29-30-27(31)24-14-20-8-3-4-9-21(20)15-26(24)32-2/h3-16H,17H2,1-2H3,(H,30,31)/b29-16-. The molecule has 0 fully saturated rings. The van der Waals surface area contributed by atoms with Gasteiger partial charge in [-0.3, -0.25) is 4.79 Å². The minimum Gasteiger partial charge on any atom is -0.496 e. The molecular formula is C27H23BrN2O3. The predicted octanol–water partition coefficient (Wildman–Crippen LogP) is 6.26. The molecule has 0 saturated carbocycles. The van der Waals surface area contributed by atoms with E-state index >= 15 is 0 Å². The Bertz CT molecular complexity index is 1330. The number of aryl methyl sites for hydroxylation is 1. The van der Waals surface area contributed by atoms with E-state index in [9.17, 15) is 4.79 Å². The van der Waals surface area contributed by atoms with E-state index in [0.717, 1.165) is 26.4 Å². The number of carbonyl (C=O) groups excluding carboxylic acids is 1. The molecule has 1 amide bonds. The van der Waals surface area contributed by atoms with Gasteiger partial charge in [0.25, 0.3) is 5.91 Å². The van der Waals surface area contributed by atoms with Crippen molar-refractivity contribution in [3.63, 3.8) is 0 Å². The van der Waals surface area contributed by atoms with Gasteiger partial charge in [0.05, 0.1) is 18.9 Å². The Labute approximate surface area is 201 Å². The average molecular weight is 503 g/mol. The highest BCUT2D eigenvalue weighted by Crippen LogP contribution is 2.26. The van der Waals surface area contributed by atoms with Crippen molar-refractivity contribution in [1.82, 2.24) is 5.43 Å². The fourth-order valence-electron chi connectivity index (χ4n) is 3.50. The third-order valence-electron chi connectivity index (χ3n) is 5.13. The molecule has 4 aromatic carbocycles. The molecule has 0 spiro atoms. The van der Waals surface area contributed by atoms with Crippen LogP contribution in [0.25, 0.3) is 10.8 Å². The van der Waals surface area contributed by atoms with Gasteiger partial charge in [0.2, 0.25) is 0 Å². The summed E-state index contributed by atoms with van der Waals surface area (Å²) in [5.74, 6) is 0.804. The van der Waals surface area contributed by atoms with Crippen molar-refractivity contribution in [1.29, 1.82) is 0 Å². The van der Waals surface area contributed by atoms with Crippen LogP contribution < -0.4 is 14.9 Å². The summed E-state index contributed by atoms with van der Waals surface area (Å²) in [5, 5.41) is 6.11. The fraction of sp³-hybridized carbons (Fsp3) is 0.111. The molecule has 0 aliphatic heterocycles. The number of hydrogen-bond donors (Lipinski definition) is 1. The van der Waals surface area contributed by atoms with Crippen molar-refractivity contribution >= 4 is 38.8 Å². The molecule has 0 radical (unpaired) electrons. The second-order valence-electron chi connectivity index (χ2n) is 7.56. The fourth-order valence-corrected chi connectivity index (χ4v) is 3.88. The number of nitrogens with zero attached hydrogens (tertiary/aromatic N) is 1. The first-order chi connectivity index (χ1) is 16.0. The van der Waals surface area contributed by atoms with Crippen LogP contribution in [0.3, 0.4) is 0 Å². The van der Waals surface area contributed by atoms with E-state index < -0.39 is 0 Å². The SMILES string of the molecule is COc1cc2ccccc2cc1C(=O)N/N=C\c1cc(Br)ccc1OCc1cccc(C)c1. The maximum atomic E-state index is 12.8. The molecular weight excluding hydrogens is 480 g/mol. The van der Waals surface area contributed by atoms with Gasteiger partial charge in [0, 0.05) is 10.0 Å². The van der Waals surface area contributed by atoms with E-state index in [4.69, 9.17) is 9.47 Å². The number of amides is 1. The summed E-state index contributed by atoms with van der Waals surface area (Å²) in [5.41, 5.74) is 6.01. The Kier molecular flexibility index (Phi) is 7.05. The lowest BCUT2D eigenvalue weighted by Gasteiger charge is -2.11. The van der Waals surface area contributed by atoms with Gasteiger partial charge >= 0.3 is 0 Å². The highest BCUT2D eigenvalue weighted by atomic mass is 79.9. The highest BCUT2D eigenvalue weighted by Gasteiger charge is 2.13. The number of hydrogen-bond acceptors (Lipinski definition) is 4. The first-order valence-corrected chi connectivity index (χ1v) is 11.2. The molecule has 33 heavy (non-hydrogen) atoms. The molecule has 0 aliphatic rings. The maximum absolute atomic E-state index is 12.8. The lowest BCUT2D eigenvalue weighted by atomic mass is 10.1. The lowest BCUT2D eigenvalue weighted by molar-refractivity contribution is 0.0952. The highest BCUT2D eigenvalue weighted by molar-refractivity contribution is 9.10. The first-order valence-electron chi connectivity index (χ1n) is 10.4. The normalized spacial score (nSPS) is 11.0. The lowest BCUT2D eigenvalue weighted by Crippen LogP contribution is -2.18. The molecule has 0 saturated heterocycles. The summed E-state index contributed by atoms with van der Waals surface area (Å²) in [7, 11) is 1.55. The van der Waals surface area contributed by atoms with E-state index in [1.54, 1.807) is 19.4 Å². The number of rotatable bonds is 7. The Morgan fingerprint density at radius 2 is 1.76 bits per heavy atom. The molecule has 4 rings (SSSR count). The van der Waals surface area contributed by atoms with Gasteiger partial charge in [-0.15, -0.1) is 0 Å². The zero-order valence-electron chi connectivity index (χ0n) is 18.3. The molecule has 0 bridgehead atoms. The van der Waals surface area contributed by atoms with Crippen molar-refractivity contribution in [3.05, 3.63) is 106 Å². The second-order valence-corrected chi connectivity index (χ2v) is 8.47. The van der Waals surface area contributed by atoms with E-state index in [1.165, 1.54) is 5.56 Å². The number of ether oxygens (including phenoxy) is 2. The molecule has 5 nitrogen and oxygen atoms in total. The minimum atomic E-state index is -0.355. The van der Waals surface area contributed by atoms with Gasteiger partial charge in [0.15, 0.2) is 0 Å². The minimum absolute atomic E-state index is 0.355. The van der Waals surface area contributed by atoms with E-state index in [0.29, 0.717) is 23.7 Å². The molecule has 0 aliphatic carbocycles. The van der Waals surface area contributed by atoms with Crippen LogP contribution in [0.2, 0.25) is 0 Å². The Morgan fingerprint density at radius 1 is 0.970 bits per heavy atom. The van der Waals surface area contributed by atoms with Crippen LogP contribution in [0.15, 0.2) is 88.4 Å². The van der Waals surface area contributed by atoms with Crippen LogP contribution >= 0.6 is 15.9 Å². The van der Waals surface area contributed by atoms with E-state index in [2.05, 4.69) is 45.5 Å². The van der Waals surface area contributed by atoms with Crippen molar-refractivity contribution in [2.75, 3.05) is 7.11 Å². The number of methoxy groups -OCH3 is 1. The van der Waals surface area contributed by atoms with Crippen molar-refractivity contribution in [2.24, 2.45) is 5.10 Å². The number of fused-ring (bicyclic) bond motifs is 1. The van der Waals surface area contributed by atoms with Gasteiger partial charge in [-0.05, 0) is 53.6 Å². The van der Waals surface area contributed by atoms with Crippen LogP contribution in [0.5, 0.6) is 11.5 Å². The van der Waals surface area contributed by atoms with Crippen LogP contribution in [-0.2, 0) is 6.61 Å². The molecule has 0 atom stereocenters. The zero-order valence-corrected chi connectivity index (χ0v) is 19.9. The molecule has 0 aromatic heterocycles. The summed E-state index contributed by atoms with van der Waals surface area (Å²) in [6.07, 6.45) is 1.57. The number of halogens is 1. The molecule has 4 aromatic rings. The third-order valence-corrected chi connectivity index (χ3v) is 5.62. The molecule has 6 heteroatoms. The summed E-state index contributed by atoms with van der Waals surface area (Å²) in [4.78, 5) is 12.8. The summed E-state index contributed by atoms with van der Waals surface area (Å²) < 4.78 is 12.3. The molecule has 0 heterocycles. The van der Waals surface area contributed by atoms with Crippen molar-refractivity contribution < 1.29 is 14.3 Å². The zero-order chi connectivity index (χ0) is 23.2. The second kappa shape index (κ2) is 10.3. The number of hydrazone groups is 1. The summed E-state index contributed by atoms with van der Waals surface area (Å²) >= 11 is 3.48. The predicted molar refractivity (Wildman–Crippen MR) is 135 cm³/mol. The Morgan fingerprint density at radius 3 is 2.52 bits per heavy atom. The van der Waals surface area contributed by atoms with Gasteiger partial charge in [0.1, 0.15) is 18.1 Å². The number of carbonyl (C=O) groups is 1. The van der Waals surface area contributed by atoms with Gasteiger partial charge in [-0.1, -0.05) is 70.0 Å². The summed E-state index contributed by atoms with van der Waals surface area (Å²) in [6, 6.07) is 25.3. The van der Waals surface area contributed by atoms with E-state index in [-0.39, 0.29) is 5.91 Å². The summed E-state index contributed by atoms with van der Waals surface area (Å²) in [6.45, 7) is 2.49. The topological polar surface area (TPSA) is 59.9 Å². The monoisotopic (exact) mass is 502 g/mol. The van der Waals surface area contributed by atoms with Crippen molar-refractivity contribution in [2.45, 2.75) is 13.5 Å². The van der Waals surface area contributed by atoms with Crippen LogP contribution in [-0.4, -0.2) is 19.2 Å². The maximum Gasteiger partial charge on any atom is 0.275 e. The van der Waals surface area contributed by atoms with Gasteiger partial charge in [-0.2, -0.15) is 5.10 Å². The molecule has 1 N–H and O–H groups in total. The number of nitrogens with one attached hydrogen (secondary N) is 1. The quantitative estimate of drug-likeness (QED) is 0.239. The first kappa shape index (κ1) is 22.6. The Hall–Kier alpha value is -3.64. The van der Waals surface area contributed by atoms with Crippen molar-refractivity contribution in [3.8, 4) is 11.5 Å².